The number of ether oxygens (including phenoxy) is 1. The van der Waals surface area contributed by atoms with Crippen LogP contribution in [0.2, 0.25) is 0 Å². The average molecular weight is 411 g/mol. The normalized spacial score (nSPS) is 17.2. The van der Waals surface area contributed by atoms with E-state index >= 15 is 0 Å². The van der Waals surface area contributed by atoms with Crippen LogP contribution in [-0.4, -0.2) is 13.2 Å². The second kappa shape index (κ2) is 6.41. The van der Waals surface area contributed by atoms with Gasteiger partial charge < -0.3 is 10.1 Å². The van der Waals surface area contributed by atoms with Crippen LogP contribution >= 0.6 is 31.9 Å². The lowest BCUT2D eigenvalue weighted by Gasteiger charge is -2.27. The standard InChI is InChI=1S/C17H17Br2NO/c1-21-15-6-7-16(19)17(10-15)20-14-5-3-11-8-13(18)4-2-12(11)9-14/h2,4,6-8,10,14,20H,3,5,9H2,1H3. The van der Waals surface area contributed by atoms with E-state index in [1.165, 1.54) is 15.6 Å². The largest absolute Gasteiger partial charge is 0.497 e. The Kier molecular flexibility index (Phi) is 4.55. The topological polar surface area (TPSA) is 21.3 Å². The molecule has 21 heavy (non-hydrogen) atoms. The highest BCUT2D eigenvalue weighted by Crippen LogP contribution is 2.31. The summed E-state index contributed by atoms with van der Waals surface area (Å²) in [7, 11) is 1.70. The van der Waals surface area contributed by atoms with E-state index in [4.69, 9.17) is 4.74 Å². The minimum absolute atomic E-state index is 0.460. The Balaban J connectivity index is 1.76. The SMILES string of the molecule is COc1ccc(Br)c(NC2CCc3cc(Br)ccc3C2)c1. The summed E-state index contributed by atoms with van der Waals surface area (Å²) >= 11 is 7.15. The van der Waals surface area contributed by atoms with Gasteiger partial charge in [-0.1, -0.05) is 22.0 Å². The van der Waals surface area contributed by atoms with Gasteiger partial charge in [0.05, 0.1) is 12.8 Å². The van der Waals surface area contributed by atoms with Crippen molar-refractivity contribution >= 4 is 37.5 Å². The molecule has 0 aliphatic heterocycles. The number of nitrogens with one attached hydrogen (secondary N) is 1. The first-order valence-corrected chi connectivity index (χ1v) is 8.61. The molecule has 0 fully saturated rings. The van der Waals surface area contributed by atoms with Crippen molar-refractivity contribution in [3.63, 3.8) is 0 Å². The Bertz CT molecular complexity index is 657. The van der Waals surface area contributed by atoms with E-state index in [-0.39, 0.29) is 0 Å². The van der Waals surface area contributed by atoms with Crippen LogP contribution in [-0.2, 0) is 12.8 Å². The van der Waals surface area contributed by atoms with Crippen molar-refractivity contribution in [1.82, 2.24) is 0 Å². The summed E-state index contributed by atoms with van der Waals surface area (Å²) in [6, 6.07) is 13.1. The zero-order valence-corrected chi connectivity index (χ0v) is 15.0. The van der Waals surface area contributed by atoms with E-state index in [9.17, 15) is 0 Å². The molecule has 0 spiro atoms. The Labute approximate surface area is 142 Å². The number of anilines is 1. The molecule has 2 aromatic carbocycles. The van der Waals surface area contributed by atoms with Crippen LogP contribution in [0.25, 0.3) is 0 Å². The predicted octanol–water partition coefficient (Wildman–Crippen LogP) is 5.19. The summed E-state index contributed by atoms with van der Waals surface area (Å²) < 4.78 is 7.55. The molecule has 1 aliphatic rings. The van der Waals surface area contributed by atoms with E-state index in [1.807, 2.05) is 18.2 Å². The van der Waals surface area contributed by atoms with Gasteiger partial charge in [0.15, 0.2) is 0 Å². The van der Waals surface area contributed by atoms with E-state index in [0.717, 1.165) is 35.2 Å². The molecule has 0 bridgehead atoms. The number of methoxy groups -OCH3 is 1. The molecule has 3 rings (SSSR count). The Morgan fingerprint density at radius 1 is 1.10 bits per heavy atom. The van der Waals surface area contributed by atoms with Crippen molar-refractivity contribution in [2.24, 2.45) is 0 Å². The number of hydrogen-bond donors (Lipinski definition) is 1. The maximum absolute atomic E-state index is 5.30. The summed E-state index contributed by atoms with van der Waals surface area (Å²) in [4.78, 5) is 0. The quantitative estimate of drug-likeness (QED) is 0.751. The number of aryl methyl sites for hydroxylation is 1. The molecule has 0 heterocycles. The molecule has 0 aromatic heterocycles. The Morgan fingerprint density at radius 2 is 1.95 bits per heavy atom. The molecule has 1 atom stereocenters. The van der Waals surface area contributed by atoms with Crippen LogP contribution in [0.4, 0.5) is 5.69 Å². The molecule has 4 heteroatoms. The fraction of sp³-hybridized carbons (Fsp3) is 0.294. The lowest BCUT2D eigenvalue weighted by atomic mass is 9.88. The van der Waals surface area contributed by atoms with Crippen LogP contribution in [0.5, 0.6) is 5.75 Å². The van der Waals surface area contributed by atoms with Gasteiger partial charge in [-0.3, -0.25) is 0 Å². The first kappa shape index (κ1) is 14.9. The molecule has 110 valence electrons. The smallest absolute Gasteiger partial charge is 0.121 e. The zero-order chi connectivity index (χ0) is 14.8. The lowest BCUT2D eigenvalue weighted by molar-refractivity contribution is 0.415. The van der Waals surface area contributed by atoms with Crippen molar-refractivity contribution in [3.05, 3.63) is 56.5 Å². The third-order valence-electron chi connectivity index (χ3n) is 3.93. The third-order valence-corrected chi connectivity index (χ3v) is 5.11. The van der Waals surface area contributed by atoms with Crippen molar-refractivity contribution in [2.75, 3.05) is 12.4 Å². The average Bonchev–Trinajstić information content (AvgIpc) is 2.49. The van der Waals surface area contributed by atoms with Gasteiger partial charge in [-0.15, -0.1) is 0 Å². The highest BCUT2D eigenvalue weighted by atomic mass is 79.9. The van der Waals surface area contributed by atoms with Crippen LogP contribution in [0, 0.1) is 0 Å². The van der Waals surface area contributed by atoms with Gasteiger partial charge in [0, 0.05) is 21.1 Å². The van der Waals surface area contributed by atoms with Crippen LogP contribution in [0.3, 0.4) is 0 Å². The molecule has 2 aromatic rings. The second-order valence-corrected chi connectivity index (χ2v) is 7.11. The molecule has 1 unspecified atom stereocenters. The first-order chi connectivity index (χ1) is 10.2. The predicted molar refractivity (Wildman–Crippen MR) is 94.3 cm³/mol. The minimum Gasteiger partial charge on any atom is -0.497 e. The molecule has 2 nitrogen and oxygen atoms in total. The van der Waals surface area contributed by atoms with Gasteiger partial charge in [-0.2, -0.15) is 0 Å². The van der Waals surface area contributed by atoms with Crippen molar-refractivity contribution in [3.8, 4) is 5.75 Å². The van der Waals surface area contributed by atoms with E-state index in [0.29, 0.717) is 6.04 Å². The third kappa shape index (κ3) is 3.43. The highest BCUT2D eigenvalue weighted by Gasteiger charge is 2.19. The maximum atomic E-state index is 5.30. The molecular weight excluding hydrogens is 394 g/mol. The zero-order valence-electron chi connectivity index (χ0n) is 11.8. The number of halogens is 2. The van der Waals surface area contributed by atoms with Crippen molar-refractivity contribution < 1.29 is 4.74 Å². The summed E-state index contributed by atoms with van der Waals surface area (Å²) in [6.45, 7) is 0. The van der Waals surface area contributed by atoms with Gasteiger partial charge in [0.1, 0.15) is 5.75 Å². The van der Waals surface area contributed by atoms with Crippen LogP contribution in [0.15, 0.2) is 45.3 Å². The summed E-state index contributed by atoms with van der Waals surface area (Å²) in [5, 5.41) is 3.64. The minimum atomic E-state index is 0.460. The van der Waals surface area contributed by atoms with Crippen molar-refractivity contribution in [1.29, 1.82) is 0 Å². The van der Waals surface area contributed by atoms with Gasteiger partial charge in [-0.25, -0.2) is 0 Å². The van der Waals surface area contributed by atoms with Gasteiger partial charge >= 0.3 is 0 Å². The molecular formula is C17H17Br2NO. The maximum Gasteiger partial charge on any atom is 0.121 e. The lowest BCUT2D eigenvalue weighted by Crippen LogP contribution is -2.27. The fourth-order valence-electron chi connectivity index (χ4n) is 2.81. The second-order valence-electron chi connectivity index (χ2n) is 5.34. The van der Waals surface area contributed by atoms with Crippen LogP contribution in [0.1, 0.15) is 17.5 Å². The number of rotatable bonds is 3. The number of fused-ring (bicyclic) bond motifs is 1. The molecule has 0 saturated heterocycles. The molecule has 0 saturated carbocycles. The Hall–Kier alpha value is -1.00. The van der Waals surface area contributed by atoms with E-state index < -0.39 is 0 Å². The molecule has 1 aliphatic carbocycles. The van der Waals surface area contributed by atoms with Gasteiger partial charge in [0.2, 0.25) is 0 Å². The first-order valence-electron chi connectivity index (χ1n) is 7.03. The summed E-state index contributed by atoms with van der Waals surface area (Å²) in [5.74, 6) is 0.876. The van der Waals surface area contributed by atoms with Gasteiger partial charge in [0.25, 0.3) is 0 Å². The molecule has 0 amide bonds. The van der Waals surface area contributed by atoms with Crippen molar-refractivity contribution in [2.45, 2.75) is 25.3 Å². The monoisotopic (exact) mass is 409 g/mol. The fourth-order valence-corrected chi connectivity index (χ4v) is 3.58. The van der Waals surface area contributed by atoms with Gasteiger partial charge in [-0.05, 0) is 70.6 Å². The summed E-state index contributed by atoms with van der Waals surface area (Å²) in [5.41, 5.74) is 4.01. The summed E-state index contributed by atoms with van der Waals surface area (Å²) in [6.07, 6.45) is 3.33. The molecule has 0 radical (unpaired) electrons. The van der Waals surface area contributed by atoms with E-state index in [1.54, 1.807) is 7.11 Å². The Morgan fingerprint density at radius 3 is 2.76 bits per heavy atom. The number of hydrogen-bond acceptors (Lipinski definition) is 2. The highest BCUT2D eigenvalue weighted by molar-refractivity contribution is 9.10. The molecule has 1 N–H and O–H groups in total. The van der Waals surface area contributed by atoms with Crippen LogP contribution < -0.4 is 10.1 Å². The number of benzene rings is 2. The van der Waals surface area contributed by atoms with E-state index in [2.05, 4.69) is 55.4 Å².